The molecule has 0 spiro atoms. The standard InChI is InChI=1S/C9H9O2S.C2H6.Re/c1-12-6-8-2-4-9(5-3-8)11-7-10;1-2;/h2-5H,6H2,1H3;1-2H3;/q-1;;. The van der Waals surface area contributed by atoms with Gasteiger partial charge in [0.15, 0.2) is 6.47 Å². The fourth-order valence-corrected chi connectivity index (χ4v) is 1.39. The van der Waals surface area contributed by atoms with Gasteiger partial charge in [-0.3, -0.25) is 0 Å². The van der Waals surface area contributed by atoms with Gasteiger partial charge in [-0.15, -0.1) is 12.1 Å². The summed E-state index contributed by atoms with van der Waals surface area (Å²) in [6, 6.07) is 7.39. The summed E-state index contributed by atoms with van der Waals surface area (Å²) in [7, 11) is 0. The first-order chi connectivity index (χ1) is 6.86. The quantitative estimate of drug-likeness (QED) is 0.731. The molecule has 0 unspecified atom stereocenters. The largest absolute Gasteiger partial charge is 0.610 e. The van der Waals surface area contributed by atoms with Gasteiger partial charge in [0.2, 0.25) is 0 Å². The second kappa shape index (κ2) is 11.8. The van der Waals surface area contributed by atoms with Crippen LogP contribution in [-0.2, 0) is 31.0 Å². The minimum atomic E-state index is 0. The molecular formula is C11H15O2ReS-. The van der Waals surface area contributed by atoms with Crippen molar-refractivity contribution in [2.45, 2.75) is 19.6 Å². The predicted octanol–water partition coefficient (Wildman–Crippen LogP) is 3.02. The van der Waals surface area contributed by atoms with Gasteiger partial charge in [-0.2, -0.15) is 11.8 Å². The van der Waals surface area contributed by atoms with E-state index < -0.39 is 0 Å². The molecular weight excluding hydrogens is 382 g/mol. The van der Waals surface area contributed by atoms with Crippen LogP contribution in [0.25, 0.3) is 0 Å². The number of benzene rings is 1. The summed E-state index contributed by atoms with van der Waals surface area (Å²) in [6.45, 7) is 5.38. The van der Waals surface area contributed by atoms with Crippen LogP contribution < -0.4 is 4.74 Å². The monoisotopic (exact) mass is 398 g/mol. The zero-order valence-electron chi connectivity index (χ0n) is 9.12. The summed E-state index contributed by atoms with van der Waals surface area (Å²) in [6.07, 6.45) is 2.05. The third kappa shape index (κ3) is 7.61. The number of thioether (sulfide) groups is 1. The van der Waals surface area contributed by atoms with Gasteiger partial charge in [0.1, 0.15) is 0 Å². The zero-order chi connectivity index (χ0) is 10.8. The molecule has 0 fully saturated rings. The first kappa shape index (κ1) is 17.1. The van der Waals surface area contributed by atoms with E-state index in [9.17, 15) is 4.79 Å². The number of carbonyl (C=O) groups excluding carboxylic acids is 1. The Morgan fingerprint density at radius 1 is 1.27 bits per heavy atom. The third-order valence-corrected chi connectivity index (χ3v) is 2.02. The van der Waals surface area contributed by atoms with Crippen LogP contribution in [-0.4, -0.2) is 12.7 Å². The smallest absolute Gasteiger partial charge is 0.170 e. The van der Waals surface area contributed by atoms with Crippen LogP contribution in [0.1, 0.15) is 19.4 Å². The fraction of sp³-hybridized carbons (Fsp3) is 0.364. The van der Waals surface area contributed by atoms with Crippen molar-refractivity contribution in [2.75, 3.05) is 6.26 Å². The number of ether oxygens (including phenoxy) is 1. The van der Waals surface area contributed by atoms with Crippen LogP contribution in [0.4, 0.5) is 0 Å². The van der Waals surface area contributed by atoms with Gasteiger partial charge in [0.25, 0.3) is 0 Å². The molecule has 1 aromatic carbocycles. The second-order valence-corrected chi connectivity index (χ2v) is 3.13. The fourth-order valence-electron chi connectivity index (χ4n) is 0.868. The molecule has 0 saturated carbocycles. The van der Waals surface area contributed by atoms with E-state index in [-0.39, 0.29) is 20.4 Å². The van der Waals surface area contributed by atoms with Crippen LogP contribution in [0.15, 0.2) is 24.3 Å². The molecule has 0 aliphatic heterocycles. The first-order valence-electron chi connectivity index (χ1n) is 4.48. The number of hydrogen-bond donors (Lipinski definition) is 0. The molecule has 0 saturated heterocycles. The van der Waals surface area contributed by atoms with Gasteiger partial charge in [-0.1, -0.05) is 26.0 Å². The molecule has 0 heterocycles. The molecule has 0 atom stereocenters. The molecule has 1 radical (unpaired) electrons. The van der Waals surface area contributed by atoms with Gasteiger partial charge >= 0.3 is 0 Å². The summed E-state index contributed by atoms with van der Waals surface area (Å²) in [4.78, 5) is 9.83. The van der Waals surface area contributed by atoms with E-state index in [4.69, 9.17) is 0 Å². The summed E-state index contributed by atoms with van der Waals surface area (Å²) in [5, 5.41) is 0. The van der Waals surface area contributed by atoms with Gasteiger partial charge in [0, 0.05) is 26.2 Å². The summed E-state index contributed by atoms with van der Waals surface area (Å²) < 4.78 is 4.53. The minimum absolute atomic E-state index is 0. The molecule has 0 aromatic heterocycles. The second-order valence-electron chi connectivity index (χ2n) is 2.26. The van der Waals surface area contributed by atoms with Crippen molar-refractivity contribution in [2.24, 2.45) is 0 Å². The van der Waals surface area contributed by atoms with E-state index in [1.165, 1.54) is 12.0 Å². The maximum absolute atomic E-state index is 9.83. The van der Waals surface area contributed by atoms with Gasteiger partial charge in [-0.25, -0.2) is 0 Å². The third-order valence-electron chi connectivity index (χ3n) is 1.39. The molecule has 0 N–H and O–H groups in total. The van der Waals surface area contributed by atoms with Crippen molar-refractivity contribution in [3.63, 3.8) is 0 Å². The van der Waals surface area contributed by atoms with Crippen LogP contribution >= 0.6 is 11.8 Å². The Balaban J connectivity index is 0. The van der Waals surface area contributed by atoms with Crippen LogP contribution in [0.3, 0.4) is 0 Å². The Morgan fingerprint density at radius 3 is 2.20 bits per heavy atom. The molecule has 85 valence electrons. The van der Waals surface area contributed by atoms with Crippen molar-refractivity contribution < 1.29 is 30.0 Å². The SMILES string of the molecule is CC.CSCc1ccc(O[C-]=O)cc1.[Re]. The summed E-state index contributed by atoms with van der Waals surface area (Å²) >= 11 is 1.76. The maximum Gasteiger partial charge on any atom is 0.170 e. The maximum atomic E-state index is 9.83. The Morgan fingerprint density at radius 2 is 1.80 bits per heavy atom. The molecule has 0 amide bonds. The average molecular weight is 398 g/mol. The molecule has 0 aliphatic carbocycles. The number of hydrogen-bond acceptors (Lipinski definition) is 3. The molecule has 4 heteroatoms. The summed E-state index contributed by atoms with van der Waals surface area (Å²) in [5.74, 6) is 1.51. The van der Waals surface area contributed by atoms with Gasteiger partial charge in [0.05, 0.1) is 0 Å². The molecule has 1 aromatic rings. The normalized spacial score (nSPS) is 7.93. The molecule has 1 rings (SSSR count). The van der Waals surface area contributed by atoms with E-state index in [1.807, 2.05) is 32.2 Å². The first-order valence-corrected chi connectivity index (χ1v) is 5.88. The van der Waals surface area contributed by atoms with Crippen molar-refractivity contribution in [1.29, 1.82) is 0 Å². The van der Waals surface area contributed by atoms with E-state index in [0.717, 1.165) is 5.75 Å². The molecule has 15 heavy (non-hydrogen) atoms. The van der Waals surface area contributed by atoms with Crippen molar-refractivity contribution in [3.8, 4) is 5.75 Å². The van der Waals surface area contributed by atoms with Gasteiger partial charge < -0.3 is 9.53 Å². The molecule has 2 nitrogen and oxygen atoms in total. The van der Waals surface area contributed by atoms with E-state index in [0.29, 0.717) is 5.75 Å². The van der Waals surface area contributed by atoms with Crippen LogP contribution in [0, 0.1) is 0 Å². The average Bonchev–Trinajstić information content (AvgIpc) is 2.25. The topological polar surface area (TPSA) is 26.3 Å². The van der Waals surface area contributed by atoms with Crippen LogP contribution in [0.2, 0.25) is 0 Å². The minimum Gasteiger partial charge on any atom is -0.610 e. The van der Waals surface area contributed by atoms with E-state index in [2.05, 4.69) is 4.74 Å². The Hall–Kier alpha value is -0.298. The van der Waals surface area contributed by atoms with E-state index >= 15 is 0 Å². The predicted molar refractivity (Wildman–Crippen MR) is 61.3 cm³/mol. The van der Waals surface area contributed by atoms with Gasteiger partial charge in [-0.05, 0) is 17.6 Å². The Bertz CT molecular complexity index is 249. The molecule has 0 bridgehead atoms. The number of rotatable bonds is 4. The molecule has 0 aliphatic rings. The van der Waals surface area contributed by atoms with Crippen molar-refractivity contribution in [1.82, 2.24) is 0 Å². The van der Waals surface area contributed by atoms with Crippen molar-refractivity contribution in [3.05, 3.63) is 29.8 Å². The van der Waals surface area contributed by atoms with Crippen LogP contribution in [0.5, 0.6) is 5.75 Å². The van der Waals surface area contributed by atoms with Crippen molar-refractivity contribution >= 4 is 18.2 Å². The van der Waals surface area contributed by atoms with E-state index in [1.54, 1.807) is 23.9 Å². The Labute approximate surface area is 109 Å². The summed E-state index contributed by atoms with van der Waals surface area (Å²) in [5.41, 5.74) is 1.22. The Kier molecular flexibility index (Phi) is 13.4. The zero-order valence-corrected chi connectivity index (χ0v) is 12.7.